The normalized spacial score (nSPS) is 12.1. The summed E-state index contributed by atoms with van der Waals surface area (Å²) < 4.78 is 28.4. The molecule has 0 bridgehead atoms. The van der Waals surface area contributed by atoms with Crippen LogP contribution >= 0.6 is 11.8 Å². The van der Waals surface area contributed by atoms with Crippen LogP contribution in [-0.2, 0) is 10.0 Å². The molecule has 0 aromatic carbocycles. The van der Waals surface area contributed by atoms with Gasteiger partial charge in [-0.15, -0.1) is 10.2 Å². The van der Waals surface area contributed by atoms with Gasteiger partial charge in [0.05, 0.1) is 16.3 Å². The van der Waals surface area contributed by atoms with Crippen molar-refractivity contribution in [2.45, 2.75) is 23.9 Å². The summed E-state index contributed by atoms with van der Waals surface area (Å²) >= 11 is 1.21. The molecule has 0 unspecified atom stereocenters. The average molecular weight is 393 g/mol. The molecule has 1 N–H and O–H groups in total. The maximum absolute atomic E-state index is 12.7. The lowest BCUT2D eigenvalue weighted by atomic mass is 10.3. The van der Waals surface area contributed by atoms with Gasteiger partial charge in [-0.25, -0.2) is 8.42 Å². The molecule has 0 fully saturated rings. The molecule has 0 aliphatic carbocycles. The molecule has 138 valence electrons. The Kier molecular flexibility index (Phi) is 5.44. The highest BCUT2D eigenvalue weighted by molar-refractivity contribution is 7.99. The number of hydrogen-bond donors (Lipinski definition) is 1. The highest BCUT2D eigenvalue weighted by atomic mass is 32.2. The zero-order chi connectivity index (χ0) is 18.7. The van der Waals surface area contributed by atoms with Crippen molar-refractivity contribution in [3.63, 3.8) is 0 Å². The molecular weight excluding hydrogens is 374 g/mol. The number of ketones is 1. The third kappa shape index (κ3) is 3.53. The fraction of sp³-hybridized carbons (Fsp3) is 0.312. The number of aromatic nitrogens is 4. The van der Waals surface area contributed by atoms with E-state index in [1.807, 2.05) is 0 Å². The van der Waals surface area contributed by atoms with Gasteiger partial charge < -0.3 is 4.98 Å². The quantitative estimate of drug-likeness (QED) is 0.464. The van der Waals surface area contributed by atoms with Crippen molar-refractivity contribution in [2.75, 3.05) is 18.8 Å². The molecule has 3 heterocycles. The van der Waals surface area contributed by atoms with Crippen LogP contribution in [0.2, 0.25) is 0 Å². The van der Waals surface area contributed by atoms with Crippen molar-refractivity contribution in [3.05, 3.63) is 42.4 Å². The van der Waals surface area contributed by atoms with Crippen LogP contribution in [0.1, 0.15) is 24.3 Å². The number of H-pyrrole nitrogens is 1. The molecule has 8 nitrogen and oxygen atoms in total. The summed E-state index contributed by atoms with van der Waals surface area (Å²) in [6, 6.07) is 6.60. The Balaban J connectivity index is 1.88. The van der Waals surface area contributed by atoms with Crippen LogP contribution in [0.15, 0.2) is 46.7 Å². The van der Waals surface area contributed by atoms with Crippen molar-refractivity contribution in [1.29, 1.82) is 0 Å². The van der Waals surface area contributed by atoms with Crippen molar-refractivity contribution < 1.29 is 13.2 Å². The van der Waals surface area contributed by atoms with Crippen LogP contribution in [0.25, 0.3) is 5.65 Å². The van der Waals surface area contributed by atoms with E-state index < -0.39 is 10.0 Å². The minimum Gasteiger partial charge on any atom is -0.359 e. The number of Topliss-reactive ketones (excluding diaryl/α,β-unsaturated/α-hetero) is 1. The van der Waals surface area contributed by atoms with E-state index in [0.29, 0.717) is 29.6 Å². The number of fused-ring (bicyclic) bond motifs is 1. The summed E-state index contributed by atoms with van der Waals surface area (Å²) in [5.41, 5.74) is 1.05. The van der Waals surface area contributed by atoms with Crippen LogP contribution in [0.4, 0.5) is 0 Å². The second-order valence-corrected chi connectivity index (χ2v) is 8.34. The molecule has 3 rings (SSSR count). The summed E-state index contributed by atoms with van der Waals surface area (Å²) in [6.45, 7) is 4.38. The van der Waals surface area contributed by atoms with Gasteiger partial charge in [-0.1, -0.05) is 25.6 Å². The molecule has 26 heavy (non-hydrogen) atoms. The summed E-state index contributed by atoms with van der Waals surface area (Å²) in [5.74, 6) is 0.109. The Morgan fingerprint density at radius 1 is 1.23 bits per heavy atom. The van der Waals surface area contributed by atoms with E-state index in [0.717, 1.165) is 0 Å². The van der Waals surface area contributed by atoms with Gasteiger partial charge >= 0.3 is 0 Å². The van der Waals surface area contributed by atoms with Crippen molar-refractivity contribution in [1.82, 2.24) is 23.9 Å². The van der Waals surface area contributed by atoms with E-state index in [2.05, 4.69) is 15.2 Å². The van der Waals surface area contributed by atoms with Gasteiger partial charge in [-0.3, -0.25) is 9.20 Å². The molecule has 0 saturated heterocycles. The Hall–Kier alpha value is -2.17. The average Bonchev–Trinajstić information content (AvgIpc) is 3.30. The SMILES string of the molecule is CCN(CC)S(=O)(=O)c1ccc2nnc(SCC(=O)c3ccc[nH]3)n2c1. The van der Waals surface area contributed by atoms with Crippen LogP contribution in [0.5, 0.6) is 0 Å². The smallest absolute Gasteiger partial charge is 0.244 e. The van der Waals surface area contributed by atoms with Gasteiger partial charge in [0, 0.05) is 25.5 Å². The van der Waals surface area contributed by atoms with Crippen LogP contribution in [-0.4, -0.2) is 56.9 Å². The van der Waals surface area contributed by atoms with E-state index in [4.69, 9.17) is 0 Å². The molecule has 10 heteroatoms. The Morgan fingerprint density at radius 3 is 2.65 bits per heavy atom. The molecule has 0 aliphatic rings. The second kappa shape index (κ2) is 7.60. The van der Waals surface area contributed by atoms with Crippen LogP contribution in [0, 0.1) is 0 Å². The zero-order valence-electron chi connectivity index (χ0n) is 14.4. The van der Waals surface area contributed by atoms with E-state index in [1.54, 1.807) is 42.6 Å². The van der Waals surface area contributed by atoms with Gasteiger partial charge in [-0.2, -0.15) is 4.31 Å². The van der Waals surface area contributed by atoms with Gasteiger partial charge in [0.15, 0.2) is 16.6 Å². The topological polar surface area (TPSA) is 100 Å². The summed E-state index contributed by atoms with van der Waals surface area (Å²) in [4.78, 5) is 15.2. The van der Waals surface area contributed by atoms with Crippen LogP contribution in [0.3, 0.4) is 0 Å². The standard InChI is InChI=1S/C16H19N5O3S2/c1-3-20(4-2)26(23,24)12-7-8-15-18-19-16(21(15)10-12)25-11-14(22)13-6-5-9-17-13/h5-10,17H,3-4,11H2,1-2H3. The van der Waals surface area contributed by atoms with Crippen molar-refractivity contribution >= 4 is 33.2 Å². The van der Waals surface area contributed by atoms with E-state index in [-0.39, 0.29) is 16.4 Å². The maximum atomic E-state index is 12.7. The number of carbonyl (C=O) groups is 1. The summed E-state index contributed by atoms with van der Waals surface area (Å²) in [6.07, 6.45) is 3.19. The molecular formula is C16H19N5O3S2. The van der Waals surface area contributed by atoms with Crippen LogP contribution < -0.4 is 0 Å². The first-order valence-corrected chi connectivity index (χ1v) is 10.5. The molecule has 0 atom stereocenters. The third-order valence-electron chi connectivity index (χ3n) is 3.92. The number of nitrogens with zero attached hydrogens (tertiary/aromatic N) is 4. The lowest BCUT2D eigenvalue weighted by Crippen LogP contribution is -2.30. The lowest BCUT2D eigenvalue weighted by Gasteiger charge is -2.18. The van der Waals surface area contributed by atoms with Gasteiger partial charge in [0.25, 0.3) is 0 Å². The third-order valence-corrected chi connectivity index (χ3v) is 6.89. The number of rotatable bonds is 8. The minimum atomic E-state index is -3.58. The van der Waals surface area contributed by atoms with Crippen molar-refractivity contribution in [3.8, 4) is 0 Å². The largest absolute Gasteiger partial charge is 0.359 e. The zero-order valence-corrected chi connectivity index (χ0v) is 16.0. The Morgan fingerprint density at radius 2 is 2.00 bits per heavy atom. The Labute approximate surface area is 155 Å². The highest BCUT2D eigenvalue weighted by Gasteiger charge is 2.23. The highest BCUT2D eigenvalue weighted by Crippen LogP contribution is 2.22. The van der Waals surface area contributed by atoms with Gasteiger partial charge in [-0.05, 0) is 24.3 Å². The van der Waals surface area contributed by atoms with Crippen molar-refractivity contribution in [2.24, 2.45) is 0 Å². The number of aromatic amines is 1. The number of pyridine rings is 1. The number of hydrogen-bond acceptors (Lipinski definition) is 6. The molecule has 0 aliphatic heterocycles. The lowest BCUT2D eigenvalue weighted by molar-refractivity contribution is 0.101. The summed E-state index contributed by atoms with van der Waals surface area (Å²) in [7, 11) is -3.58. The predicted octanol–water partition coefficient (Wildman–Crippen LogP) is 2.06. The molecule has 3 aromatic rings. The fourth-order valence-corrected chi connectivity index (χ4v) is 4.78. The first-order chi connectivity index (χ1) is 12.5. The fourth-order valence-electron chi connectivity index (χ4n) is 2.53. The summed E-state index contributed by atoms with van der Waals surface area (Å²) in [5, 5.41) is 8.56. The molecule has 3 aromatic heterocycles. The Bertz CT molecular complexity index is 1010. The number of sulfonamides is 1. The van der Waals surface area contributed by atoms with Gasteiger partial charge in [0.2, 0.25) is 10.0 Å². The monoisotopic (exact) mass is 393 g/mol. The van der Waals surface area contributed by atoms with E-state index in [1.165, 1.54) is 28.3 Å². The predicted molar refractivity (Wildman–Crippen MR) is 98.9 cm³/mol. The molecule has 0 amide bonds. The van der Waals surface area contributed by atoms with E-state index in [9.17, 15) is 13.2 Å². The first kappa shape index (κ1) is 18.6. The second-order valence-electron chi connectivity index (χ2n) is 5.46. The van der Waals surface area contributed by atoms with E-state index >= 15 is 0 Å². The first-order valence-electron chi connectivity index (χ1n) is 8.11. The number of thioether (sulfide) groups is 1. The molecule has 0 spiro atoms. The maximum Gasteiger partial charge on any atom is 0.244 e. The number of nitrogens with one attached hydrogen (secondary N) is 1. The minimum absolute atomic E-state index is 0.0660. The molecule has 0 saturated carbocycles. The molecule has 0 radical (unpaired) electrons. The van der Waals surface area contributed by atoms with Gasteiger partial charge in [0.1, 0.15) is 0 Å². The number of carbonyl (C=O) groups excluding carboxylic acids is 1.